The molecule has 1 heterocycles. The quantitative estimate of drug-likeness (QED) is 0.530. The lowest BCUT2D eigenvalue weighted by Crippen LogP contribution is -2.29. The van der Waals surface area contributed by atoms with Crippen LogP contribution >= 0.6 is 22.9 Å². The minimum atomic E-state index is 0.141. The predicted molar refractivity (Wildman–Crippen MR) is 59.9 cm³/mol. The molecule has 0 spiro atoms. The maximum Gasteiger partial charge on any atom is 0.262 e. The molecule has 1 aromatic rings. The third-order valence-corrected chi connectivity index (χ3v) is 3.21. The van der Waals surface area contributed by atoms with Crippen LogP contribution in [0.2, 0.25) is 0 Å². The van der Waals surface area contributed by atoms with E-state index in [0.29, 0.717) is 0 Å². The van der Waals surface area contributed by atoms with Crippen LogP contribution in [-0.4, -0.2) is 15.6 Å². The molecule has 13 heavy (non-hydrogen) atoms. The summed E-state index contributed by atoms with van der Waals surface area (Å²) in [7, 11) is 0. The summed E-state index contributed by atoms with van der Waals surface area (Å²) in [5.74, 6) is 0.141. The Balaban J connectivity index is 2.50. The Hall–Kier alpha value is -0.580. The predicted octanol–water partition coefficient (Wildman–Crippen LogP) is 2.34. The average molecular weight is 287 g/mol. The van der Waals surface area contributed by atoms with Crippen LogP contribution in [0.1, 0.15) is 21.5 Å². The van der Waals surface area contributed by atoms with Crippen molar-refractivity contribution in [3.05, 3.63) is 34.9 Å². The van der Waals surface area contributed by atoms with E-state index < -0.39 is 0 Å². The van der Waals surface area contributed by atoms with Crippen LogP contribution in [0, 0.1) is 6.92 Å². The SMILES string of the molecule is Cc1ccc2c(c1)CCN(I)C2=O. The van der Waals surface area contributed by atoms with Crippen LogP contribution in [0.25, 0.3) is 0 Å². The molecule has 3 heteroatoms. The van der Waals surface area contributed by atoms with Gasteiger partial charge in [0.1, 0.15) is 0 Å². The first kappa shape index (κ1) is 8.99. The zero-order chi connectivity index (χ0) is 9.42. The molecule has 0 radical (unpaired) electrons. The van der Waals surface area contributed by atoms with E-state index >= 15 is 0 Å². The molecule has 0 saturated heterocycles. The first-order chi connectivity index (χ1) is 6.18. The molecule has 0 unspecified atom stereocenters. The molecule has 1 aromatic carbocycles. The lowest BCUT2D eigenvalue weighted by molar-refractivity contribution is 0.0878. The maximum absolute atomic E-state index is 11.6. The van der Waals surface area contributed by atoms with Crippen molar-refractivity contribution in [3.63, 3.8) is 0 Å². The Morgan fingerprint density at radius 2 is 2.23 bits per heavy atom. The van der Waals surface area contributed by atoms with Gasteiger partial charge in [-0.25, -0.2) is 0 Å². The van der Waals surface area contributed by atoms with E-state index in [2.05, 4.69) is 35.9 Å². The minimum Gasteiger partial charge on any atom is -0.281 e. The lowest BCUT2D eigenvalue weighted by Gasteiger charge is -2.22. The molecule has 1 amide bonds. The summed E-state index contributed by atoms with van der Waals surface area (Å²) in [6, 6.07) is 6.03. The van der Waals surface area contributed by atoms with Crippen LogP contribution in [0.3, 0.4) is 0 Å². The zero-order valence-electron chi connectivity index (χ0n) is 7.38. The van der Waals surface area contributed by atoms with E-state index in [0.717, 1.165) is 18.5 Å². The van der Waals surface area contributed by atoms with Gasteiger partial charge in [-0.05, 0) is 25.0 Å². The fourth-order valence-corrected chi connectivity index (χ4v) is 2.09. The molecule has 2 nitrogen and oxygen atoms in total. The molecule has 0 aliphatic carbocycles. The van der Waals surface area contributed by atoms with Crippen LogP contribution < -0.4 is 0 Å². The largest absolute Gasteiger partial charge is 0.281 e. The first-order valence-corrected chi connectivity index (χ1v) is 5.22. The van der Waals surface area contributed by atoms with Crippen molar-refractivity contribution in [2.24, 2.45) is 0 Å². The Morgan fingerprint density at radius 1 is 1.46 bits per heavy atom. The normalized spacial score (nSPS) is 15.8. The molecule has 0 bridgehead atoms. The molecular weight excluding hydrogens is 277 g/mol. The molecule has 1 aliphatic rings. The summed E-state index contributed by atoms with van der Waals surface area (Å²) in [6.07, 6.45) is 0.978. The van der Waals surface area contributed by atoms with Gasteiger partial charge in [0.2, 0.25) is 0 Å². The number of hydrogen-bond acceptors (Lipinski definition) is 1. The number of carbonyl (C=O) groups excluding carboxylic acids is 1. The Kier molecular flexibility index (Phi) is 2.27. The van der Waals surface area contributed by atoms with Crippen LogP contribution in [0.5, 0.6) is 0 Å². The summed E-state index contributed by atoms with van der Waals surface area (Å²) in [5, 5.41) is 0. The monoisotopic (exact) mass is 287 g/mol. The van der Waals surface area contributed by atoms with E-state index in [1.54, 1.807) is 3.11 Å². The van der Waals surface area contributed by atoms with Crippen LogP contribution in [0.15, 0.2) is 18.2 Å². The average Bonchev–Trinajstić information content (AvgIpc) is 2.12. The molecule has 68 valence electrons. The van der Waals surface area contributed by atoms with Gasteiger partial charge in [-0.2, -0.15) is 0 Å². The lowest BCUT2D eigenvalue weighted by atomic mass is 9.98. The smallest absolute Gasteiger partial charge is 0.262 e. The highest BCUT2D eigenvalue weighted by molar-refractivity contribution is 14.1. The van der Waals surface area contributed by atoms with Crippen molar-refractivity contribution < 1.29 is 4.79 Å². The van der Waals surface area contributed by atoms with Gasteiger partial charge in [0, 0.05) is 12.1 Å². The number of carbonyl (C=O) groups is 1. The minimum absolute atomic E-state index is 0.141. The number of amides is 1. The fraction of sp³-hybridized carbons (Fsp3) is 0.300. The maximum atomic E-state index is 11.6. The number of aryl methyl sites for hydroxylation is 1. The summed E-state index contributed by atoms with van der Waals surface area (Å²) < 4.78 is 1.75. The van der Waals surface area contributed by atoms with Gasteiger partial charge in [-0.15, -0.1) is 0 Å². The van der Waals surface area contributed by atoms with Crippen LogP contribution in [-0.2, 0) is 6.42 Å². The number of nitrogens with zero attached hydrogens (tertiary/aromatic N) is 1. The van der Waals surface area contributed by atoms with Gasteiger partial charge >= 0.3 is 0 Å². The standard InChI is InChI=1S/C10H10INO/c1-7-2-3-9-8(6-7)4-5-12(11)10(9)13/h2-3,6H,4-5H2,1H3. The molecule has 0 atom stereocenters. The van der Waals surface area contributed by atoms with E-state index in [4.69, 9.17) is 0 Å². The Bertz CT molecular complexity index is 362. The third kappa shape index (κ3) is 1.57. The van der Waals surface area contributed by atoms with Crippen molar-refractivity contribution in [3.8, 4) is 0 Å². The van der Waals surface area contributed by atoms with Crippen molar-refractivity contribution in [1.29, 1.82) is 0 Å². The zero-order valence-corrected chi connectivity index (χ0v) is 9.54. The summed E-state index contributed by atoms with van der Waals surface area (Å²) in [6.45, 7) is 2.89. The van der Waals surface area contributed by atoms with Crippen molar-refractivity contribution in [2.45, 2.75) is 13.3 Å². The number of hydrogen-bond donors (Lipinski definition) is 0. The van der Waals surface area contributed by atoms with Gasteiger partial charge in [0.25, 0.3) is 5.91 Å². The summed E-state index contributed by atoms with van der Waals surface area (Å²) >= 11 is 2.07. The van der Waals surface area contributed by atoms with E-state index in [1.807, 2.05) is 12.1 Å². The topological polar surface area (TPSA) is 20.3 Å². The first-order valence-electron chi connectivity index (χ1n) is 4.25. The van der Waals surface area contributed by atoms with Crippen molar-refractivity contribution in [2.75, 3.05) is 6.54 Å². The van der Waals surface area contributed by atoms with Gasteiger partial charge in [-0.1, -0.05) is 17.7 Å². The highest BCUT2D eigenvalue weighted by Gasteiger charge is 2.21. The number of rotatable bonds is 0. The highest BCUT2D eigenvalue weighted by atomic mass is 127. The number of fused-ring (bicyclic) bond motifs is 1. The van der Waals surface area contributed by atoms with Crippen molar-refractivity contribution in [1.82, 2.24) is 3.11 Å². The Labute approximate surface area is 91.4 Å². The Morgan fingerprint density at radius 3 is 3.00 bits per heavy atom. The molecule has 0 aromatic heterocycles. The summed E-state index contributed by atoms with van der Waals surface area (Å²) in [4.78, 5) is 11.6. The molecular formula is C10H10INO. The van der Waals surface area contributed by atoms with Crippen LogP contribution in [0.4, 0.5) is 0 Å². The van der Waals surface area contributed by atoms with E-state index in [9.17, 15) is 4.79 Å². The fourth-order valence-electron chi connectivity index (χ4n) is 1.59. The summed E-state index contributed by atoms with van der Waals surface area (Å²) in [5.41, 5.74) is 3.29. The molecule has 1 aliphatic heterocycles. The van der Waals surface area contributed by atoms with E-state index in [-0.39, 0.29) is 5.91 Å². The second-order valence-corrected chi connectivity index (χ2v) is 4.47. The second kappa shape index (κ2) is 3.29. The van der Waals surface area contributed by atoms with E-state index in [1.165, 1.54) is 11.1 Å². The molecule has 0 N–H and O–H groups in total. The number of benzene rings is 1. The molecule has 2 rings (SSSR count). The van der Waals surface area contributed by atoms with Gasteiger partial charge in [-0.3, -0.25) is 7.91 Å². The van der Waals surface area contributed by atoms with Gasteiger partial charge in [0.15, 0.2) is 0 Å². The second-order valence-electron chi connectivity index (χ2n) is 3.30. The van der Waals surface area contributed by atoms with Crippen molar-refractivity contribution >= 4 is 28.8 Å². The molecule has 0 fully saturated rings. The van der Waals surface area contributed by atoms with Gasteiger partial charge < -0.3 is 0 Å². The third-order valence-electron chi connectivity index (χ3n) is 2.29. The molecule has 0 saturated carbocycles. The van der Waals surface area contributed by atoms with Gasteiger partial charge in [0.05, 0.1) is 22.9 Å². The highest BCUT2D eigenvalue weighted by Crippen LogP contribution is 2.22. The number of halogens is 1.